The fraction of sp³-hybridized carbons (Fsp3) is 0.417. The van der Waals surface area contributed by atoms with Gasteiger partial charge in [-0.1, -0.05) is 11.6 Å². The molecule has 2 atom stereocenters. The quantitative estimate of drug-likeness (QED) is 0.875. The van der Waals surface area contributed by atoms with Gasteiger partial charge in [0.05, 0.1) is 6.07 Å². The van der Waals surface area contributed by atoms with Crippen LogP contribution in [-0.2, 0) is 0 Å². The monoisotopic (exact) mass is 252 g/mol. The Hall–Kier alpha value is -0.850. The van der Waals surface area contributed by atoms with Crippen LogP contribution in [0.2, 0.25) is 5.02 Å². The van der Waals surface area contributed by atoms with Gasteiger partial charge in [0.25, 0.3) is 0 Å². The molecule has 1 aromatic rings. The van der Waals surface area contributed by atoms with Gasteiger partial charge in [0, 0.05) is 16.0 Å². The summed E-state index contributed by atoms with van der Waals surface area (Å²) in [6.07, 6.45) is 0.887. The number of halogens is 1. The SMILES string of the molecule is CC1SCCC1(C#N)Nc1ccc(Cl)cc1. The number of hydrogen-bond acceptors (Lipinski definition) is 3. The second-order valence-corrected chi connectivity index (χ2v) is 5.86. The van der Waals surface area contributed by atoms with Gasteiger partial charge in [-0.3, -0.25) is 0 Å². The molecular formula is C12H13ClN2S. The zero-order valence-electron chi connectivity index (χ0n) is 9.03. The first-order valence-corrected chi connectivity index (χ1v) is 6.65. The van der Waals surface area contributed by atoms with Gasteiger partial charge in [-0.25, -0.2) is 0 Å². The van der Waals surface area contributed by atoms with Crippen molar-refractivity contribution in [2.24, 2.45) is 0 Å². The van der Waals surface area contributed by atoms with Gasteiger partial charge >= 0.3 is 0 Å². The molecule has 2 unspecified atom stereocenters. The molecule has 0 amide bonds. The Morgan fingerprint density at radius 2 is 2.19 bits per heavy atom. The van der Waals surface area contributed by atoms with Crippen molar-refractivity contribution in [3.05, 3.63) is 29.3 Å². The summed E-state index contributed by atoms with van der Waals surface area (Å²) in [5.41, 5.74) is 0.527. The second-order valence-electron chi connectivity index (χ2n) is 3.98. The summed E-state index contributed by atoms with van der Waals surface area (Å²) in [6.45, 7) is 2.10. The van der Waals surface area contributed by atoms with Crippen molar-refractivity contribution in [2.45, 2.75) is 24.1 Å². The minimum atomic E-state index is -0.432. The lowest BCUT2D eigenvalue weighted by atomic mass is 9.94. The normalized spacial score (nSPS) is 28.7. The van der Waals surface area contributed by atoms with Crippen LogP contribution < -0.4 is 5.32 Å². The average Bonchev–Trinajstić information content (AvgIpc) is 2.64. The molecule has 84 valence electrons. The third kappa shape index (κ3) is 2.14. The van der Waals surface area contributed by atoms with E-state index in [0.717, 1.165) is 17.9 Å². The molecule has 2 nitrogen and oxygen atoms in total. The van der Waals surface area contributed by atoms with Gasteiger partial charge < -0.3 is 5.32 Å². The highest BCUT2D eigenvalue weighted by atomic mass is 35.5. The van der Waals surface area contributed by atoms with Gasteiger partial charge in [-0.15, -0.1) is 0 Å². The summed E-state index contributed by atoms with van der Waals surface area (Å²) in [4.78, 5) is 0. The van der Waals surface area contributed by atoms with Crippen LogP contribution in [0.25, 0.3) is 0 Å². The zero-order valence-corrected chi connectivity index (χ0v) is 10.6. The van der Waals surface area contributed by atoms with Crippen LogP contribution in [0.5, 0.6) is 0 Å². The molecule has 1 aromatic carbocycles. The fourth-order valence-electron chi connectivity index (χ4n) is 1.87. The molecule has 0 aromatic heterocycles. The van der Waals surface area contributed by atoms with Crippen molar-refractivity contribution in [3.63, 3.8) is 0 Å². The minimum absolute atomic E-state index is 0.313. The molecule has 1 fully saturated rings. The van der Waals surface area contributed by atoms with Crippen molar-refractivity contribution in [3.8, 4) is 6.07 Å². The van der Waals surface area contributed by atoms with Crippen LogP contribution in [0, 0.1) is 11.3 Å². The number of rotatable bonds is 2. The Morgan fingerprint density at radius 1 is 1.50 bits per heavy atom. The first kappa shape index (κ1) is 11.6. The van der Waals surface area contributed by atoms with Gasteiger partial charge in [0.15, 0.2) is 0 Å². The zero-order chi connectivity index (χ0) is 11.6. The number of thioether (sulfide) groups is 1. The van der Waals surface area contributed by atoms with E-state index in [1.807, 2.05) is 36.0 Å². The van der Waals surface area contributed by atoms with E-state index in [4.69, 9.17) is 11.6 Å². The summed E-state index contributed by atoms with van der Waals surface area (Å²) in [5.74, 6) is 1.04. The third-order valence-electron chi connectivity index (χ3n) is 2.97. The van der Waals surface area contributed by atoms with Crippen LogP contribution in [0.4, 0.5) is 5.69 Å². The van der Waals surface area contributed by atoms with Crippen molar-refractivity contribution in [1.82, 2.24) is 0 Å². The molecule has 0 aliphatic carbocycles. The van der Waals surface area contributed by atoms with Crippen molar-refractivity contribution < 1.29 is 0 Å². The largest absolute Gasteiger partial charge is 0.366 e. The maximum atomic E-state index is 9.35. The summed E-state index contributed by atoms with van der Waals surface area (Å²) < 4.78 is 0. The van der Waals surface area contributed by atoms with E-state index in [1.165, 1.54) is 0 Å². The number of benzene rings is 1. The van der Waals surface area contributed by atoms with Crippen LogP contribution >= 0.6 is 23.4 Å². The molecule has 1 heterocycles. The molecule has 1 aliphatic rings. The molecule has 0 saturated carbocycles. The molecule has 0 radical (unpaired) electrons. The lowest BCUT2D eigenvalue weighted by Crippen LogP contribution is -2.41. The molecular weight excluding hydrogens is 240 g/mol. The van der Waals surface area contributed by atoms with Gasteiger partial charge in [0.1, 0.15) is 5.54 Å². The topological polar surface area (TPSA) is 35.8 Å². The first-order valence-electron chi connectivity index (χ1n) is 5.23. The van der Waals surface area contributed by atoms with E-state index in [9.17, 15) is 5.26 Å². The lowest BCUT2D eigenvalue weighted by Gasteiger charge is -2.27. The maximum Gasteiger partial charge on any atom is 0.137 e. The van der Waals surface area contributed by atoms with Crippen molar-refractivity contribution in [1.29, 1.82) is 5.26 Å². The van der Waals surface area contributed by atoms with E-state index in [0.29, 0.717) is 10.3 Å². The van der Waals surface area contributed by atoms with E-state index in [2.05, 4.69) is 18.3 Å². The highest BCUT2D eigenvalue weighted by molar-refractivity contribution is 8.00. The number of hydrogen-bond donors (Lipinski definition) is 1. The van der Waals surface area contributed by atoms with Gasteiger partial charge in [-0.2, -0.15) is 17.0 Å². The Labute approximate surface area is 105 Å². The van der Waals surface area contributed by atoms with Crippen LogP contribution in [-0.4, -0.2) is 16.5 Å². The Morgan fingerprint density at radius 3 is 2.69 bits per heavy atom. The molecule has 0 spiro atoms. The van der Waals surface area contributed by atoms with E-state index >= 15 is 0 Å². The Balaban J connectivity index is 2.19. The molecule has 16 heavy (non-hydrogen) atoms. The minimum Gasteiger partial charge on any atom is -0.366 e. The number of nitriles is 1. The summed E-state index contributed by atoms with van der Waals surface area (Å²) in [7, 11) is 0. The summed E-state index contributed by atoms with van der Waals surface area (Å²) in [5, 5.41) is 13.7. The highest BCUT2D eigenvalue weighted by Gasteiger charge is 2.41. The average molecular weight is 253 g/mol. The summed E-state index contributed by atoms with van der Waals surface area (Å²) in [6, 6.07) is 9.92. The Kier molecular flexibility index (Phi) is 3.32. The fourth-order valence-corrected chi connectivity index (χ4v) is 3.31. The van der Waals surface area contributed by atoms with Crippen LogP contribution in [0.15, 0.2) is 24.3 Å². The number of nitrogens with zero attached hydrogens (tertiary/aromatic N) is 1. The van der Waals surface area contributed by atoms with Crippen molar-refractivity contribution in [2.75, 3.05) is 11.1 Å². The Bertz CT molecular complexity index is 412. The number of nitrogens with one attached hydrogen (secondary N) is 1. The lowest BCUT2D eigenvalue weighted by molar-refractivity contribution is 0.592. The van der Waals surface area contributed by atoms with E-state index in [-0.39, 0.29) is 0 Å². The van der Waals surface area contributed by atoms with E-state index < -0.39 is 5.54 Å². The van der Waals surface area contributed by atoms with E-state index in [1.54, 1.807) is 0 Å². The predicted octanol–water partition coefficient (Wildman–Crippen LogP) is 3.54. The number of anilines is 1. The van der Waals surface area contributed by atoms with Crippen molar-refractivity contribution >= 4 is 29.1 Å². The smallest absolute Gasteiger partial charge is 0.137 e. The highest BCUT2D eigenvalue weighted by Crippen LogP contribution is 2.37. The van der Waals surface area contributed by atoms with Crippen LogP contribution in [0.3, 0.4) is 0 Å². The molecule has 4 heteroatoms. The molecule has 1 N–H and O–H groups in total. The maximum absolute atomic E-state index is 9.35. The second kappa shape index (κ2) is 4.57. The first-order chi connectivity index (χ1) is 7.66. The standard InChI is InChI=1S/C12H13ClN2S/c1-9-12(8-14,6-7-16-9)15-11-4-2-10(13)3-5-11/h2-5,9,15H,6-7H2,1H3. The molecule has 1 aliphatic heterocycles. The molecule has 1 saturated heterocycles. The summed E-state index contributed by atoms with van der Waals surface area (Å²) >= 11 is 7.67. The molecule has 0 bridgehead atoms. The third-order valence-corrected chi connectivity index (χ3v) is 4.56. The predicted molar refractivity (Wildman–Crippen MR) is 70.0 cm³/mol. The van der Waals surface area contributed by atoms with Crippen LogP contribution in [0.1, 0.15) is 13.3 Å². The van der Waals surface area contributed by atoms with Gasteiger partial charge in [0.2, 0.25) is 0 Å². The van der Waals surface area contributed by atoms with Gasteiger partial charge in [-0.05, 0) is 43.4 Å². The molecule has 2 rings (SSSR count).